The molecule has 17 heavy (non-hydrogen) atoms. The fourth-order valence-electron chi connectivity index (χ4n) is 1.67. The molecule has 0 spiro atoms. The molecular weight excluding hydrogens is 303 g/mol. The second-order valence-electron chi connectivity index (χ2n) is 3.78. The van der Waals surface area contributed by atoms with Crippen LogP contribution < -0.4 is 0 Å². The van der Waals surface area contributed by atoms with Gasteiger partial charge in [-0.15, -0.1) is 11.3 Å². The summed E-state index contributed by atoms with van der Waals surface area (Å²) in [4.78, 5) is 1.23. The Bertz CT molecular complexity index is 484. The highest BCUT2D eigenvalue weighted by Crippen LogP contribution is 2.29. The molecule has 0 saturated heterocycles. The van der Waals surface area contributed by atoms with Crippen LogP contribution in [0.1, 0.15) is 23.0 Å². The Labute approximate surface area is 112 Å². The van der Waals surface area contributed by atoms with Gasteiger partial charge in [0, 0.05) is 4.88 Å². The van der Waals surface area contributed by atoms with Gasteiger partial charge >= 0.3 is 0 Å². The van der Waals surface area contributed by atoms with Gasteiger partial charge in [0.2, 0.25) is 0 Å². The number of thiophene rings is 1. The number of hydrogen-bond acceptors (Lipinski definition) is 2. The van der Waals surface area contributed by atoms with Gasteiger partial charge in [-0.1, -0.05) is 18.2 Å². The molecule has 0 amide bonds. The molecule has 0 radical (unpaired) electrons. The highest BCUT2D eigenvalue weighted by Gasteiger charge is 2.13. The molecular formula is C13H12BrFOS. The summed E-state index contributed by atoms with van der Waals surface area (Å²) in [6.45, 7) is 0. The zero-order chi connectivity index (χ0) is 12.3. The second kappa shape index (κ2) is 5.76. The van der Waals surface area contributed by atoms with Crippen molar-refractivity contribution in [2.24, 2.45) is 0 Å². The van der Waals surface area contributed by atoms with Crippen molar-refractivity contribution in [3.8, 4) is 0 Å². The summed E-state index contributed by atoms with van der Waals surface area (Å²) in [7, 11) is 0. The van der Waals surface area contributed by atoms with Crippen LogP contribution >= 0.6 is 27.3 Å². The Hall–Kier alpha value is -0.710. The first-order chi connectivity index (χ1) is 8.18. The summed E-state index contributed by atoms with van der Waals surface area (Å²) in [5, 5.41) is 12.0. The maximum Gasteiger partial charge on any atom is 0.137 e. The van der Waals surface area contributed by atoms with Crippen LogP contribution in [0.2, 0.25) is 0 Å². The minimum Gasteiger partial charge on any atom is -0.388 e. The summed E-state index contributed by atoms with van der Waals surface area (Å²) in [6.07, 6.45) is 0.770. The molecule has 0 aliphatic carbocycles. The molecule has 4 heteroatoms. The molecule has 1 unspecified atom stereocenters. The Morgan fingerprint density at radius 1 is 1.29 bits per heavy atom. The molecule has 0 bridgehead atoms. The molecule has 0 aliphatic rings. The van der Waals surface area contributed by atoms with E-state index in [1.165, 1.54) is 10.9 Å². The molecule has 0 aliphatic heterocycles. The highest BCUT2D eigenvalue weighted by atomic mass is 79.9. The van der Waals surface area contributed by atoms with Crippen LogP contribution in [0.25, 0.3) is 0 Å². The standard InChI is InChI=1S/C13H12BrFOS/c14-13-10(4-1-5-11(13)15)12(16)7-6-9-3-2-8-17-9/h1-5,8,12,16H,6-7H2. The Balaban J connectivity index is 2.04. The first-order valence-corrected chi connectivity index (χ1v) is 7.00. The van der Waals surface area contributed by atoms with Crippen LogP contribution in [-0.2, 0) is 6.42 Å². The van der Waals surface area contributed by atoms with Gasteiger partial charge in [0.25, 0.3) is 0 Å². The molecule has 90 valence electrons. The lowest BCUT2D eigenvalue weighted by molar-refractivity contribution is 0.167. The van der Waals surface area contributed by atoms with Crippen molar-refractivity contribution in [1.29, 1.82) is 0 Å². The van der Waals surface area contributed by atoms with E-state index in [9.17, 15) is 9.50 Å². The van der Waals surface area contributed by atoms with Crippen molar-refractivity contribution in [3.63, 3.8) is 0 Å². The van der Waals surface area contributed by atoms with Crippen molar-refractivity contribution < 1.29 is 9.50 Å². The lowest BCUT2D eigenvalue weighted by atomic mass is 10.0. The molecule has 0 saturated carbocycles. The van der Waals surface area contributed by atoms with Crippen LogP contribution in [0, 0.1) is 5.82 Å². The van der Waals surface area contributed by atoms with E-state index >= 15 is 0 Å². The van der Waals surface area contributed by atoms with Gasteiger partial charge < -0.3 is 5.11 Å². The van der Waals surface area contributed by atoms with Gasteiger partial charge in [-0.2, -0.15) is 0 Å². The van der Waals surface area contributed by atoms with E-state index in [1.54, 1.807) is 23.5 Å². The quantitative estimate of drug-likeness (QED) is 0.891. The Morgan fingerprint density at radius 2 is 2.12 bits per heavy atom. The van der Waals surface area contributed by atoms with Crippen molar-refractivity contribution in [2.75, 3.05) is 0 Å². The first kappa shape index (κ1) is 12.7. The molecule has 1 aromatic carbocycles. The second-order valence-corrected chi connectivity index (χ2v) is 5.60. The third-order valence-corrected chi connectivity index (χ3v) is 4.36. The van der Waals surface area contributed by atoms with E-state index in [4.69, 9.17) is 0 Å². The fourth-order valence-corrected chi connectivity index (χ4v) is 2.92. The van der Waals surface area contributed by atoms with Gasteiger partial charge in [-0.25, -0.2) is 4.39 Å². The topological polar surface area (TPSA) is 20.2 Å². The minimum absolute atomic E-state index is 0.335. The normalized spacial score (nSPS) is 12.6. The number of aryl methyl sites for hydroxylation is 1. The van der Waals surface area contributed by atoms with Crippen LogP contribution in [0.3, 0.4) is 0 Å². The predicted molar refractivity (Wildman–Crippen MR) is 71.7 cm³/mol. The Morgan fingerprint density at radius 3 is 2.82 bits per heavy atom. The van der Waals surface area contributed by atoms with Gasteiger partial charge in [-0.3, -0.25) is 0 Å². The van der Waals surface area contributed by atoms with E-state index in [-0.39, 0.29) is 5.82 Å². The maximum atomic E-state index is 13.3. The number of benzene rings is 1. The van der Waals surface area contributed by atoms with Crippen molar-refractivity contribution in [3.05, 3.63) is 56.4 Å². The number of aliphatic hydroxyl groups is 1. The van der Waals surface area contributed by atoms with Gasteiger partial charge in [0.15, 0.2) is 0 Å². The molecule has 2 rings (SSSR count). The maximum absolute atomic E-state index is 13.3. The average molecular weight is 315 g/mol. The summed E-state index contributed by atoms with van der Waals surface area (Å²) in [5.41, 5.74) is 0.613. The lowest BCUT2D eigenvalue weighted by Gasteiger charge is -2.12. The molecule has 2 aromatic rings. The molecule has 1 atom stereocenters. The Kier molecular flexibility index (Phi) is 4.31. The zero-order valence-corrected chi connectivity index (χ0v) is 11.5. The average Bonchev–Trinajstić information content (AvgIpc) is 2.82. The molecule has 0 fully saturated rings. The highest BCUT2D eigenvalue weighted by molar-refractivity contribution is 9.10. The summed E-state index contributed by atoms with van der Waals surface area (Å²) in [6, 6.07) is 8.76. The number of rotatable bonds is 4. The van der Waals surface area contributed by atoms with E-state index in [0.717, 1.165) is 6.42 Å². The molecule has 1 N–H and O–H groups in total. The molecule has 1 aromatic heterocycles. The molecule has 1 heterocycles. The largest absolute Gasteiger partial charge is 0.388 e. The molecule has 1 nitrogen and oxygen atoms in total. The van der Waals surface area contributed by atoms with Gasteiger partial charge in [-0.05, 0) is 51.8 Å². The van der Waals surface area contributed by atoms with Crippen LogP contribution in [0.4, 0.5) is 4.39 Å². The van der Waals surface area contributed by atoms with Crippen molar-refractivity contribution >= 4 is 27.3 Å². The fraction of sp³-hybridized carbons (Fsp3) is 0.231. The summed E-state index contributed by atoms with van der Waals surface area (Å²) < 4.78 is 13.7. The SMILES string of the molecule is OC(CCc1cccs1)c1cccc(F)c1Br. The third kappa shape index (κ3) is 3.15. The number of halogens is 2. The minimum atomic E-state index is -0.637. The summed E-state index contributed by atoms with van der Waals surface area (Å²) in [5.74, 6) is -0.335. The lowest BCUT2D eigenvalue weighted by Crippen LogP contribution is -2.01. The van der Waals surface area contributed by atoms with Gasteiger partial charge in [0.05, 0.1) is 10.6 Å². The van der Waals surface area contributed by atoms with Gasteiger partial charge in [0.1, 0.15) is 5.82 Å². The van der Waals surface area contributed by atoms with Crippen molar-refractivity contribution in [1.82, 2.24) is 0 Å². The predicted octanol–water partition coefficient (Wildman–Crippen LogP) is 4.32. The van der Waals surface area contributed by atoms with Crippen LogP contribution in [-0.4, -0.2) is 5.11 Å². The number of aliphatic hydroxyl groups excluding tert-OH is 1. The van der Waals surface area contributed by atoms with Crippen LogP contribution in [0.5, 0.6) is 0 Å². The van der Waals surface area contributed by atoms with E-state index in [1.807, 2.05) is 17.5 Å². The smallest absolute Gasteiger partial charge is 0.137 e. The first-order valence-electron chi connectivity index (χ1n) is 5.33. The van der Waals surface area contributed by atoms with Crippen molar-refractivity contribution in [2.45, 2.75) is 18.9 Å². The zero-order valence-electron chi connectivity index (χ0n) is 9.07. The number of hydrogen-bond donors (Lipinski definition) is 1. The van der Waals surface area contributed by atoms with E-state index < -0.39 is 6.10 Å². The monoisotopic (exact) mass is 314 g/mol. The third-order valence-electron chi connectivity index (χ3n) is 2.58. The van der Waals surface area contributed by atoms with E-state index in [0.29, 0.717) is 16.5 Å². The van der Waals surface area contributed by atoms with Crippen LogP contribution in [0.15, 0.2) is 40.2 Å². The summed E-state index contributed by atoms with van der Waals surface area (Å²) >= 11 is 4.84. The van der Waals surface area contributed by atoms with E-state index in [2.05, 4.69) is 15.9 Å².